The zero-order valence-corrected chi connectivity index (χ0v) is 9.68. The lowest BCUT2D eigenvalue weighted by molar-refractivity contribution is -0.0826. The van der Waals surface area contributed by atoms with Gasteiger partial charge in [0.2, 0.25) is 0 Å². The van der Waals surface area contributed by atoms with E-state index in [-0.39, 0.29) is 6.04 Å². The van der Waals surface area contributed by atoms with Crippen LogP contribution in [0, 0.1) is 11.3 Å². The molecule has 1 aromatic carbocycles. The Morgan fingerprint density at radius 1 is 1.59 bits per heavy atom. The Hall–Kier alpha value is -1.46. The highest BCUT2D eigenvalue weighted by Gasteiger charge is 2.35. The minimum absolute atomic E-state index is 0.118. The van der Waals surface area contributed by atoms with E-state index in [0.717, 1.165) is 5.56 Å². The molecule has 7 heteroatoms. The van der Waals surface area contributed by atoms with Crippen LogP contribution in [-0.2, 0) is 22.7 Å². The Labute approximate surface area is 101 Å². The lowest BCUT2D eigenvalue weighted by Gasteiger charge is -2.05. The molecule has 1 saturated heterocycles. The summed E-state index contributed by atoms with van der Waals surface area (Å²) in [7, 11) is 0. The van der Waals surface area contributed by atoms with Crippen LogP contribution in [-0.4, -0.2) is 26.4 Å². The summed E-state index contributed by atoms with van der Waals surface area (Å²) < 4.78 is 21.5. The first-order valence-corrected chi connectivity index (χ1v) is 6.05. The topological polar surface area (TPSA) is 85.4 Å². The van der Waals surface area contributed by atoms with Gasteiger partial charge in [-0.3, -0.25) is 14.1 Å². The average molecular weight is 253 g/mol. The van der Waals surface area contributed by atoms with Crippen molar-refractivity contribution in [2.24, 2.45) is 0 Å². The molecule has 1 heterocycles. The fourth-order valence-electron chi connectivity index (χ4n) is 1.30. The first kappa shape index (κ1) is 12.0. The van der Waals surface area contributed by atoms with Crippen LogP contribution in [0.1, 0.15) is 5.56 Å². The molecule has 1 fully saturated rings. The number of hydrogen-bond acceptors (Lipinski definition) is 4. The summed E-state index contributed by atoms with van der Waals surface area (Å²) in [6.07, 6.45) is 0. The lowest BCUT2D eigenvalue weighted by Crippen LogP contribution is -2.04. The van der Waals surface area contributed by atoms with Crippen molar-refractivity contribution in [2.75, 3.05) is 11.3 Å². The molecule has 17 heavy (non-hydrogen) atoms. The van der Waals surface area contributed by atoms with E-state index in [1.165, 1.54) is 0 Å². The van der Waals surface area contributed by atoms with Gasteiger partial charge in [0.1, 0.15) is 6.04 Å². The van der Waals surface area contributed by atoms with Gasteiger partial charge in [0, 0.05) is 5.69 Å². The zero-order valence-electron chi connectivity index (χ0n) is 8.87. The van der Waals surface area contributed by atoms with Gasteiger partial charge in [-0.05, 0) is 17.7 Å². The van der Waals surface area contributed by atoms with Gasteiger partial charge in [0.05, 0.1) is 19.2 Å². The van der Waals surface area contributed by atoms with Gasteiger partial charge in [-0.25, -0.2) is 4.21 Å². The van der Waals surface area contributed by atoms with E-state index in [4.69, 9.17) is 14.7 Å². The standard InChI is InChI=1S/C10H11N3O3S/c11-5-10-6-13(10)16-7-8-1-3-9(4-2-8)12-17(14)15/h1-4,10,12H,6-7H2,(H,14,15). The molecule has 0 amide bonds. The second-order valence-electron chi connectivity index (χ2n) is 3.57. The molecule has 3 unspecified atom stereocenters. The van der Waals surface area contributed by atoms with Crippen LogP contribution in [0.25, 0.3) is 0 Å². The van der Waals surface area contributed by atoms with Crippen molar-refractivity contribution >= 4 is 17.0 Å². The molecule has 0 aliphatic carbocycles. The van der Waals surface area contributed by atoms with Crippen LogP contribution in [0.3, 0.4) is 0 Å². The Bertz CT molecular complexity index is 457. The molecule has 1 aromatic rings. The summed E-state index contributed by atoms with van der Waals surface area (Å²) in [6.45, 7) is 1.04. The zero-order chi connectivity index (χ0) is 12.3. The van der Waals surface area contributed by atoms with E-state index in [0.29, 0.717) is 18.8 Å². The van der Waals surface area contributed by atoms with Crippen LogP contribution < -0.4 is 4.72 Å². The average Bonchev–Trinajstić information content (AvgIpc) is 3.06. The summed E-state index contributed by atoms with van der Waals surface area (Å²) in [6, 6.07) is 8.93. The van der Waals surface area contributed by atoms with Gasteiger partial charge < -0.3 is 0 Å². The minimum atomic E-state index is -2.06. The summed E-state index contributed by atoms with van der Waals surface area (Å²) in [4.78, 5) is 5.34. The molecule has 2 rings (SSSR count). The highest BCUT2D eigenvalue weighted by Crippen LogP contribution is 2.18. The highest BCUT2D eigenvalue weighted by atomic mass is 32.2. The minimum Gasteiger partial charge on any atom is -0.293 e. The SMILES string of the molecule is N#CC1CN1OCc1ccc(NS(=O)O)cc1. The van der Waals surface area contributed by atoms with E-state index in [2.05, 4.69) is 10.8 Å². The van der Waals surface area contributed by atoms with Crippen LogP contribution in [0.2, 0.25) is 0 Å². The van der Waals surface area contributed by atoms with E-state index >= 15 is 0 Å². The fourth-order valence-corrected chi connectivity index (χ4v) is 1.64. The lowest BCUT2D eigenvalue weighted by atomic mass is 10.2. The summed E-state index contributed by atoms with van der Waals surface area (Å²) in [5, 5.41) is 10.2. The molecule has 3 atom stereocenters. The number of hydrogen-bond donors (Lipinski definition) is 2. The summed E-state index contributed by atoms with van der Waals surface area (Å²) in [5.74, 6) is 0. The maximum Gasteiger partial charge on any atom is 0.259 e. The van der Waals surface area contributed by atoms with Crippen LogP contribution in [0.5, 0.6) is 0 Å². The Morgan fingerprint density at radius 2 is 2.29 bits per heavy atom. The normalized spacial score (nSPS) is 23.8. The van der Waals surface area contributed by atoms with Crippen molar-refractivity contribution in [3.05, 3.63) is 29.8 Å². The molecule has 0 spiro atoms. The Kier molecular flexibility index (Phi) is 3.71. The third-order valence-electron chi connectivity index (χ3n) is 2.27. The Balaban J connectivity index is 1.82. The van der Waals surface area contributed by atoms with Gasteiger partial charge >= 0.3 is 0 Å². The highest BCUT2D eigenvalue weighted by molar-refractivity contribution is 7.80. The molecular formula is C10H11N3O3S. The molecule has 90 valence electrons. The van der Waals surface area contributed by atoms with Crippen LogP contribution in [0.15, 0.2) is 24.3 Å². The molecule has 0 radical (unpaired) electrons. The van der Waals surface area contributed by atoms with Gasteiger partial charge in [0.15, 0.2) is 0 Å². The van der Waals surface area contributed by atoms with Crippen molar-refractivity contribution in [3.63, 3.8) is 0 Å². The predicted octanol–water partition coefficient (Wildman–Crippen LogP) is 0.875. The molecule has 0 aromatic heterocycles. The first-order chi connectivity index (χ1) is 8.19. The van der Waals surface area contributed by atoms with Crippen LogP contribution >= 0.6 is 0 Å². The van der Waals surface area contributed by atoms with Gasteiger partial charge in [0.25, 0.3) is 11.3 Å². The van der Waals surface area contributed by atoms with Crippen molar-refractivity contribution in [3.8, 4) is 6.07 Å². The van der Waals surface area contributed by atoms with E-state index in [9.17, 15) is 4.21 Å². The molecule has 0 saturated carbocycles. The molecular weight excluding hydrogens is 242 g/mol. The second-order valence-corrected chi connectivity index (χ2v) is 4.27. The number of nitrogens with zero attached hydrogens (tertiary/aromatic N) is 2. The maximum atomic E-state index is 10.5. The monoisotopic (exact) mass is 253 g/mol. The Morgan fingerprint density at radius 3 is 2.82 bits per heavy atom. The largest absolute Gasteiger partial charge is 0.293 e. The van der Waals surface area contributed by atoms with Gasteiger partial charge in [-0.15, -0.1) is 0 Å². The molecule has 1 aliphatic heterocycles. The van der Waals surface area contributed by atoms with Crippen molar-refractivity contribution in [2.45, 2.75) is 12.6 Å². The quantitative estimate of drug-likeness (QED) is 0.601. The smallest absolute Gasteiger partial charge is 0.259 e. The number of anilines is 1. The van der Waals surface area contributed by atoms with Crippen molar-refractivity contribution in [1.82, 2.24) is 5.06 Å². The number of rotatable bonds is 5. The summed E-state index contributed by atoms with van der Waals surface area (Å²) in [5.41, 5.74) is 1.50. The molecule has 0 bridgehead atoms. The third-order valence-corrected chi connectivity index (χ3v) is 2.68. The van der Waals surface area contributed by atoms with E-state index in [1.807, 2.05) is 0 Å². The van der Waals surface area contributed by atoms with Gasteiger partial charge in [-0.1, -0.05) is 12.1 Å². The first-order valence-electron chi connectivity index (χ1n) is 4.94. The van der Waals surface area contributed by atoms with Crippen molar-refractivity contribution < 1.29 is 13.6 Å². The molecule has 6 nitrogen and oxygen atoms in total. The van der Waals surface area contributed by atoms with E-state index < -0.39 is 11.3 Å². The fraction of sp³-hybridized carbons (Fsp3) is 0.300. The predicted molar refractivity (Wildman–Crippen MR) is 61.7 cm³/mol. The maximum absolute atomic E-state index is 10.5. The second kappa shape index (κ2) is 5.25. The number of hydroxylamine groups is 2. The summed E-state index contributed by atoms with van der Waals surface area (Å²) >= 11 is -2.06. The van der Waals surface area contributed by atoms with Gasteiger partial charge in [-0.2, -0.15) is 10.3 Å². The molecule has 1 aliphatic rings. The number of nitrogens with one attached hydrogen (secondary N) is 1. The third kappa shape index (κ3) is 3.51. The van der Waals surface area contributed by atoms with Crippen LogP contribution in [0.4, 0.5) is 5.69 Å². The van der Waals surface area contributed by atoms with E-state index in [1.54, 1.807) is 29.3 Å². The molecule has 2 N–H and O–H groups in total. The number of benzene rings is 1. The number of nitriles is 1. The van der Waals surface area contributed by atoms with Crippen molar-refractivity contribution in [1.29, 1.82) is 5.26 Å².